The molecular formula is C8H5IN2NaO2. The maximum atomic E-state index is 11.3. The van der Waals surface area contributed by atoms with E-state index in [-0.39, 0.29) is 35.1 Å². The van der Waals surface area contributed by atoms with Crippen molar-refractivity contribution in [2.24, 2.45) is 0 Å². The molecule has 6 heteroatoms. The van der Waals surface area contributed by atoms with E-state index < -0.39 is 5.69 Å². The number of hydrogen-bond acceptors (Lipinski definition) is 2. The number of aromatic amines is 2. The van der Waals surface area contributed by atoms with Crippen molar-refractivity contribution in [2.75, 3.05) is 0 Å². The Bertz CT molecular complexity index is 575. The minimum atomic E-state index is -0.473. The first kappa shape index (κ1) is 12.0. The Morgan fingerprint density at radius 2 is 1.86 bits per heavy atom. The van der Waals surface area contributed by atoms with Crippen LogP contribution < -0.4 is 11.2 Å². The molecule has 0 aliphatic rings. The van der Waals surface area contributed by atoms with E-state index in [1.54, 1.807) is 12.1 Å². The molecule has 1 aromatic heterocycles. The van der Waals surface area contributed by atoms with E-state index in [1.807, 2.05) is 6.07 Å². The number of H-pyrrole nitrogens is 2. The molecule has 0 bridgehead atoms. The van der Waals surface area contributed by atoms with E-state index in [9.17, 15) is 9.59 Å². The fourth-order valence-electron chi connectivity index (χ4n) is 1.14. The molecule has 0 aliphatic heterocycles. The molecule has 2 rings (SSSR count). The summed E-state index contributed by atoms with van der Waals surface area (Å²) < 4.78 is 0.961. The average Bonchev–Trinajstić information content (AvgIpc) is 2.06. The van der Waals surface area contributed by atoms with Crippen molar-refractivity contribution in [1.29, 1.82) is 0 Å². The van der Waals surface area contributed by atoms with E-state index in [2.05, 4.69) is 32.6 Å². The fourth-order valence-corrected chi connectivity index (χ4v) is 1.63. The molecule has 0 saturated heterocycles. The molecule has 4 nitrogen and oxygen atoms in total. The van der Waals surface area contributed by atoms with Gasteiger partial charge in [-0.15, -0.1) is 0 Å². The molecule has 0 saturated carbocycles. The molecule has 0 amide bonds. The Hall–Kier alpha value is -0.110. The van der Waals surface area contributed by atoms with Crippen LogP contribution in [0.3, 0.4) is 0 Å². The van der Waals surface area contributed by atoms with E-state index in [4.69, 9.17) is 0 Å². The van der Waals surface area contributed by atoms with Gasteiger partial charge in [0.1, 0.15) is 0 Å². The Balaban J connectivity index is 0.000000980. The van der Waals surface area contributed by atoms with Gasteiger partial charge in [0.25, 0.3) is 5.56 Å². The molecule has 2 aromatic rings. The smallest absolute Gasteiger partial charge is 0.307 e. The SMILES string of the molecule is O=c1[nH]c(=O)c2cc(I)ccc2[nH]1.[Na]. The predicted octanol–water partition coefficient (Wildman–Crippen LogP) is 0.440. The minimum Gasteiger partial charge on any atom is -0.307 e. The van der Waals surface area contributed by atoms with Gasteiger partial charge in [-0.1, -0.05) is 0 Å². The summed E-state index contributed by atoms with van der Waals surface area (Å²) in [6.45, 7) is 0. The van der Waals surface area contributed by atoms with Crippen molar-refractivity contribution in [3.8, 4) is 0 Å². The first-order chi connectivity index (χ1) is 6.16. The molecule has 2 N–H and O–H groups in total. The Labute approximate surface area is 115 Å². The Morgan fingerprint density at radius 3 is 2.57 bits per heavy atom. The van der Waals surface area contributed by atoms with Gasteiger partial charge in [-0.3, -0.25) is 9.78 Å². The first-order valence-corrected chi connectivity index (χ1v) is 4.66. The topological polar surface area (TPSA) is 65.7 Å². The summed E-state index contributed by atoms with van der Waals surface area (Å²) in [6, 6.07) is 5.27. The van der Waals surface area contributed by atoms with E-state index >= 15 is 0 Å². The van der Waals surface area contributed by atoms with Crippen LogP contribution in [0.25, 0.3) is 10.9 Å². The van der Waals surface area contributed by atoms with Crippen LogP contribution in [-0.4, -0.2) is 39.5 Å². The van der Waals surface area contributed by atoms with Gasteiger partial charge in [-0.2, -0.15) is 0 Å². The zero-order chi connectivity index (χ0) is 9.42. The third kappa shape index (κ3) is 2.28. The van der Waals surface area contributed by atoms with Crippen molar-refractivity contribution < 1.29 is 0 Å². The molecule has 14 heavy (non-hydrogen) atoms. The van der Waals surface area contributed by atoms with E-state index in [1.165, 1.54) is 0 Å². The van der Waals surface area contributed by atoms with Gasteiger partial charge in [-0.05, 0) is 40.8 Å². The largest absolute Gasteiger partial charge is 0.326 e. The molecule has 0 fully saturated rings. The van der Waals surface area contributed by atoms with Gasteiger partial charge >= 0.3 is 5.69 Å². The van der Waals surface area contributed by atoms with Crippen LogP contribution in [0.15, 0.2) is 27.8 Å². The summed E-state index contributed by atoms with van der Waals surface area (Å²) in [5.74, 6) is 0. The van der Waals surface area contributed by atoms with Gasteiger partial charge in [0, 0.05) is 33.1 Å². The fraction of sp³-hybridized carbons (Fsp3) is 0. The minimum absolute atomic E-state index is 0. The molecule has 0 spiro atoms. The average molecular weight is 311 g/mol. The van der Waals surface area contributed by atoms with Gasteiger partial charge in [0.2, 0.25) is 0 Å². The number of rotatable bonds is 0. The standard InChI is InChI=1S/C8H5IN2O2.Na/c9-4-1-2-6-5(3-4)7(12)11-8(13)10-6;/h1-3H,(H2,10,11,12,13);. The van der Waals surface area contributed by atoms with Crippen molar-refractivity contribution in [1.82, 2.24) is 9.97 Å². The van der Waals surface area contributed by atoms with E-state index in [0.717, 1.165) is 3.57 Å². The summed E-state index contributed by atoms with van der Waals surface area (Å²) in [5, 5.41) is 0.506. The maximum Gasteiger partial charge on any atom is 0.326 e. The number of benzene rings is 1. The van der Waals surface area contributed by atoms with Crippen molar-refractivity contribution in [3.63, 3.8) is 0 Å². The van der Waals surface area contributed by atoms with Gasteiger partial charge < -0.3 is 4.98 Å². The second-order valence-electron chi connectivity index (χ2n) is 2.60. The van der Waals surface area contributed by atoms with Crippen molar-refractivity contribution >= 4 is 63.1 Å². The summed E-state index contributed by atoms with van der Waals surface area (Å²) in [6.07, 6.45) is 0. The molecule has 1 aromatic carbocycles. The second kappa shape index (κ2) is 4.61. The molecular weight excluding hydrogens is 306 g/mol. The molecule has 1 radical (unpaired) electrons. The zero-order valence-corrected chi connectivity index (χ0v) is 11.6. The van der Waals surface area contributed by atoms with Crippen LogP contribution >= 0.6 is 22.6 Å². The Morgan fingerprint density at radius 1 is 1.14 bits per heavy atom. The van der Waals surface area contributed by atoms with Crippen LogP contribution in [0.1, 0.15) is 0 Å². The molecule has 67 valence electrons. The van der Waals surface area contributed by atoms with Crippen LogP contribution in [0.4, 0.5) is 0 Å². The second-order valence-corrected chi connectivity index (χ2v) is 3.84. The third-order valence-corrected chi connectivity index (χ3v) is 2.37. The van der Waals surface area contributed by atoms with Crippen LogP contribution in [0.2, 0.25) is 0 Å². The molecule has 0 unspecified atom stereocenters. The van der Waals surface area contributed by atoms with Crippen LogP contribution in [-0.2, 0) is 0 Å². The normalized spacial score (nSPS) is 9.79. The predicted molar refractivity (Wildman–Crippen MR) is 63.7 cm³/mol. The van der Waals surface area contributed by atoms with Gasteiger partial charge in [-0.25, -0.2) is 4.79 Å². The van der Waals surface area contributed by atoms with Crippen molar-refractivity contribution in [2.45, 2.75) is 0 Å². The summed E-state index contributed by atoms with van der Waals surface area (Å²) in [4.78, 5) is 26.9. The number of nitrogens with one attached hydrogen (secondary N) is 2. The van der Waals surface area contributed by atoms with Crippen LogP contribution in [0, 0.1) is 3.57 Å². The maximum absolute atomic E-state index is 11.3. The molecule has 0 atom stereocenters. The quantitative estimate of drug-likeness (QED) is 0.548. The zero-order valence-electron chi connectivity index (χ0n) is 7.43. The van der Waals surface area contributed by atoms with E-state index in [0.29, 0.717) is 10.9 Å². The number of halogens is 1. The monoisotopic (exact) mass is 311 g/mol. The number of aromatic nitrogens is 2. The number of fused-ring (bicyclic) bond motifs is 1. The van der Waals surface area contributed by atoms with Crippen molar-refractivity contribution in [3.05, 3.63) is 42.6 Å². The first-order valence-electron chi connectivity index (χ1n) is 3.59. The van der Waals surface area contributed by atoms with Gasteiger partial charge in [0.05, 0.1) is 10.9 Å². The number of hydrogen-bond donors (Lipinski definition) is 2. The molecule has 1 heterocycles. The van der Waals surface area contributed by atoms with Crippen LogP contribution in [0.5, 0.6) is 0 Å². The third-order valence-electron chi connectivity index (χ3n) is 1.70. The summed E-state index contributed by atoms with van der Waals surface area (Å²) in [7, 11) is 0. The summed E-state index contributed by atoms with van der Waals surface area (Å²) in [5.41, 5.74) is -0.259. The summed E-state index contributed by atoms with van der Waals surface area (Å²) >= 11 is 2.11. The van der Waals surface area contributed by atoms with Gasteiger partial charge in [0.15, 0.2) is 0 Å². The Kier molecular flexibility index (Phi) is 3.94. The molecule has 0 aliphatic carbocycles.